The predicted molar refractivity (Wildman–Crippen MR) is 101 cm³/mol. The molecule has 0 aromatic heterocycles. The Balaban J connectivity index is 2.11. The van der Waals surface area contributed by atoms with Crippen molar-refractivity contribution in [3.8, 4) is 0 Å². The van der Waals surface area contributed by atoms with Gasteiger partial charge in [0.2, 0.25) is 0 Å². The number of rotatable bonds is 7. The van der Waals surface area contributed by atoms with Crippen molar-refractivity contribution in [2.45, 2.75) is 45.4 Å². The summed E-state index contributed by atoms with van der Waals surface area (Å²) >= 11 is 5.96. The van der Waals surface area contributed by atoms with Crippen molar-refractivity contribution >= 4 is 34.4 Å². The number of aryl methyl sites for hydroxylation is 1. The monoisotopic (exact) mass is 342 g/mol. The minimum absolute atomic E-state index is 0.0835. The molecule has 0 N–H and O–H groups in total. The molecular weight excluding hydrogens is 320 g/mol. The van der Waals surface area contributed by atoms with Crippen molar-refractivity contribution in [1.82, 2.24) is 0 Å². The average molecular weight is 343 g/mol. The summed E-state index contributed by atoms with van der Waals surface area (Å²) in [5.41, 5.74) is 3.58. The van der Waals surface area contributed by atoms with Gasteiger partial charge in [-0.25, -0.2) is 0 Å². The zero-order valence-electron chi connectivity index (χ0n) is 14.4. The largest absolute Gasteiger partial charge is 0.298 e. The first-order valence-corrected chi connectivity index (χ1v) is 8.66. The number of alkyl halides is 1. The highest BCUT2D eigenvalue weighted by Gasteiger charge is 2.10. The molecule has 0 amide bonds. The van der Waals surface area contributed by atoms with Gasteiger partial charge < -0.3 is 0 Å². The van der Waals surface area contributed by atoms with E-state index in [4.69, 9.17) is 11.6 Å². The van der Waals surface area contributed by atoms with Crippen LogP contribution in [0.5, 0.6) is 0 Å². The summed E-state index contributed by atoms with van der Waals surface area (Å²) in [6, 6.07) is 12.0. The lowest BCUT2D eigenvalue weighted by Crippen LogP contribution is -2.03. The number of halogens is 1. The molecule has 2 rings (SSSR count). The number of Topliss-reactive ketones (excluding diaryl/α,β-unsaturated/α-hetero) is 1. The number of hydrogen-bond donors (Lipinski definition) is 0. The van der Waals surface area contributed by atoms with E-state index in [-0.39, 0.29) is 11.2 Å². The van der Waals surface area contributed by atoms with Crippen LogP contribution in [-0.2, 0) is 4.79 Å². The van der Waals surface area contributed by atoms with Crippen LogP contribution in [0, 0.1) is 6.92 Å². The maximum absolute atomic E-state index is 12.5. The number of aldehydes is 1. The first-order chi connectivity index (χ1) is 11.4. The number of carbonyl (C=O) groups excluding carboxylic acids is 2. The highest BCUT2D eigenvalue weighted by molar-refractivity contribution is 6.20. The minimum atomic E-state index is -0.0835. The third-order valence-electron chi connectivity index (χ3n) is 4.24. The van der Waals surface area contributed by atoms with Gasteiger partial charge in [0.05, 0.1) is 0 Å². The van der Waals surface area contributed by atoms with Crippen LogP contribution in [-0.4, -0.2) is 17.4 Å². The fourth-order valence-corrected chi connectivity index (χ4v) is 2.94. The molecule has 1 unspecified atom stereocenters. The van der Waals surface area contributed by atoms with E-state index in [1.54, 1.807) is 0 Å². The molecule has 24 heavy (non-hydrogen) atoms. The van der Waals surface area contributed by atoms with Crippen LogP contribution in [0.1, 0.15) is 49.0 Å². The number of allylic oxidation sites excluding steroid dienone is 2. The molecule has 0 heterocycles. The molecule has 2 aromatic rings. The smallest absolute Gasteiger partial charge is 0.163 e. The van der Waals surface area contributed by atoms with Crippen molar-refractivity contribution in [2.75, 3.05) is 0 Å². The lowest BCUT2D eigenvalue weighted by atomic mass is 9.97. The van der Waals surface area contributed by atoms with Gasteiger partial charge in [-0.2, -0.15) is 0 Å². The molecule has 0 aliphatic rings. The van der Waals surface area contributed by atoms with Gasteiger partial charge in [0.25, 0.3) is 0 Å². The van der Waals surface area contributed by atoms with E-state index < -0.39 is 0 Å². The summed E-state index contributed by atoms with van der Waals surface area (Å²) in [4.78, 5) is 23.6. The molecule has 0 spiro atoms. The van der Waals surface area contributed by atoms with E-state index in [0.29, 0.717) is 24.8 Å². The van der Waals surface area contributed by atoms with Gasteiger partial charge in [0.1, 0.15) is 6.29 Å². The molecule has 2 nitrogen and oxygen atoms in total. The summed E-state index contributed by atoms with van der Waals surface area (Å²) in [6.07, 6.45) is 2.39. The quantitative estimate of drug-likeness (QED) is 0.282. The highest BCUT2D eigenvalue weighted by Crippen LogP contribution is 2.21. The Labute approximate surface area is 148 Å². The number of fused-ring (bicyclic) bond motifs is 1. The van der Waals surface area contributed by atoms with E-state index in [1.807, 2.05) is 44.2 Å². The maximum atomic E-state index is 12.5. The van der Waals surface area contributed by atoms with E-state index in [1.165, 1.54) is 5.56 Å². The van der Waals surface area contributed by atoms with Crippen LogP contribution < -0.4 is 0 Å². The molecule has 0 aliphatic carbocycles. The second-order valence-corrected chi connectivity index (χ2v) is 7.14. The molecule has 0 fully saturated rings. The Morgan fingerprint density at radius 3 is 2.46 bits per heavy atom. The summed E-state index contributed by atoms with van der Waals surface area (Å²) in [5, 5.41) is 2.13. The number of hydrogen-bond acceptors (Lipinski definition) is 2. The first-order valence-electron chi connectivity index (χ1n) is 8.22. The molecular formula is C21H23ClO2. The average Bonchev–Trinajstić information content (AvgIpc) is 2.56. The first kappa shape index (κ1) is 18.4. The lowest BCUT2D eigenvalue weighted by molar-refractivity contribution is -0.105. The Morgan fingerprint density at radius 2 is 1.79 bits per heavy atom. The van der Waals surface area contributed by atoms with Crippen LogP contribution in [0.25, 0.3) is 10.8 Å². The topological polar surface area (TPSA) is 34.1 Å². The predicted octanol–water partition coefficient (Wildman–Crippen LogP) is 5.64. The van der Waals surface area contributed by atoms with Gasteiger partial charge >= 0.3 is 0 Å². The second kappa shape index (κ2) is 8.25. The molecule has 0 saturated carbocycles. The Morgan fingerprint density at radius 1 is 1.12 bits per heavy atom. The molecule has 126 valence electrons. The van der Waals surface area contributed by atoms with Crippen molar-refractivity contribution in [1.29, 1.82) is 0 Å². The molecule has 1 atom stereocenters. The highest BCUT2D eigenvalue weighted by atomic mass is 35.5. The molecule has 3 heteroatoms. The summed E-state index contributed by atoms with van der Waals surface area (Å²) in [7, 11) is 0. The molecule has 0 radical (unpaired) electrons. The lowest BCUT2D eigenvalue weighted by Gasteiger charge is -2.09. The summed E-state index contributed by atoms with van der Waals surface area (Å²) in [6.45, 7) is 5.82. The minimum Gasteiger partial charge on any atom is -0.298 e. The van der Waals surface area contributed by atoms with Gasteiger partial charge in [-0.15, -0.1) is 11.6 Å². The van der Waals surface area contributed by atoms with E-state index in [0.717, 1.165) is 28.2 Å². The fraction of sp³-hybridized carbons (Fsp3) is 0.333. The van der Waals surface area contributed by atoms with Gasteiger partial charge in [-0.05, 0) is 56.0 Å². The van der Waals surface area contributed by atoms with Gasteiger partial charge in [-0.1, -0.05) is 41.5 Å². The van der Waals surface area contributed by atoms with Crippen LogP contribution in [0.4, 0.5) is 0 Å². The summed E-state index contributed by atoms with van der Waals surface area (Å²) in [5.74, 6) is 0.0981. The third-order valence-corrected chi connectivity index (χ3v) is 4.39. The van der Waals surface area contributed by atoms with E-state index >= 15 is 0 Å². The van der Waals surface area contributed by atoms with Crippen molar-refractivity contribution < 1.29 is 9.59 Å². The maximum Gasteiger partial charge on any atom is 0.163 e. The zero-order chi connectivity index (χ0) is 17.7. The Kier molecular flexibility index (Phi) is 6.33. The number of ketones is 1. The fourth-order valence-electron chi connectivity index (χ4n) is 2.77. The van der Waals surface area contributed by atoms with Crippen LogP contribution in [0.15, 0.2) is 47.5 Å². The number of carbonyl (C=O) groups is 2. The molecule has 0 aliphatic heterocycles. The van der Waals surface area contributed by atoms with Crippen LogP contribution >= 0.6 is 11.6 Å². The van der Waals surface area contributed by atoms with Crippen LogP contribution in [0.2, 0.25) is 0 Å². The summed E-state index contributed by atoms with van der Waals surface area (Å²) < 4.78 is 0. The van der Waals surface area contributed by atoms with Crippen molar-refractivity contribution in [2.24, 2.45) is 0 Å². The van der Waals surface area contributed by atoms with E-state index in [9.17, 15) is 9.59 Å². The van der Waals surface area contributed by atoms with Crippen LogP contribution in [0.3, 0.4) is 0 Å². The second-order valence-electron chi connectivity index (χ2n) is 6.40. The van der Waals surface area contributed by atoms with E-state index in [2.05, 4.69) is 13.0 Å². The standard InChI is InChI=1S/C21H23ClO2/c1-14-4-6-18-12-19(8-7-17(18)10-14)21(24)9-5-15(2)20(13-23)11-16(3)22/h4,6-8,10,12-13,16H,5,9,11H2,1-3H3. The molecule has 0 saturated heterocycles. The zero-order valence-corrected chi connectivity index (χ0v) is 15.2. The SMILES string of the molecule is CC(CCC(=O)c1ccc2cc(C)ccc2c1)=C(C=O)CC(C)Cl. The molecule has 2 aromatic carbocycles. The van der Waals surface area contributed by atoms with Gasteiger partial charge in [-0.3, -0.25) is 9.59 Å². The van der Waals surface area contributed by atoms with Gasteiger partial charge in [0, 0.05) is 17.4 Å². The van der Waals surface area contributed by atoms with Crippen molar-refractivity contribution in [3.63, 3.8) is 0 Å². The number of benzene rings is 2. The van der Waals surface area contributed by atoms with Gasteiger partial charge in [0.15, 0.2) is 5.78 Å². The Bertz CT molecular complexity index is 788. The van der Waals surface area contributed by atoms with Crippen molar-refractivity contribution in [3.05, 3.63) is 58.7 Å². The third kappa shape index (κ3) is 4.78. The Hall–Kier alpha value is -1.93. The molecule has 0 bridgehead atoms. The normalized spacial score (nSPS) is 13.5.